The van der Waals surface area contributed by atoms with Gasteiger partial charge in [-0.25, -0.2) is 4.79 Å². The summed E-state index contributed by atoms with van der Waals surface area (Å²) in [6, 6.07) is 9.90. The van der Waals surface area contributed by atoms with E-state index in [1.807, 2.05) is 30.3 Å². The zero-order valence-corrected chi connectivity index (χ0v) is 11.9. The summed E-state index contributed by atoms with van der Waals surface area (Å²) in [7, 11) is 1.54. The molecule has 1 aromatic carbocycles. The standard InChI is InChI=1S/C15H20N2O2/c1-15(2,3)13-7-5-12(6-8-13)11-19-14(18)17(4)10-9-16/h5-8H,10-11H2,1-4H3. The van der Waals surface area contributed by atoms with Crippen LogP contribution in [-0.4, -0.2) is 24.6 Å². The second kappa shape index (κ2) is 6.24. The molecule has 1 rings (SSSR count). The molecule has 0 aliphatic carbocycles. The van der Waals surface area contributed by atoms with Crippen molar-refractivity contribution in [2.45, 2.75) is 32.8 Å². The lowest BCUT2D eigenvalue weighted by Gasteiger charge is -2.19. The molecule has 0 saturated carbocycles. The molecule has 0 heterocycles. The zero-order chi connectivity index (χ0) is 14.5. The third-order valence-electron chi connectivity index (χ3n) is 2.80. The van der Waals surface area contributed by atoms with E-state index < -0.39 is 6.09 Å². The summed E-state index contributed by atoms with van der Waals surface area (Å²) in [5.74, 6) is 0. The number of nitrogens with zero attached hydrogens (tertiary/aromatic N) is 2. The minimum Gasteiger partial charge on any atom is -0.445 e. The van der Waals surface area contributed by atoms with Crippen molar-refractivity contribution in [3.63, 3.8) is 0 Å². The van der Waals surface area contributed by atoms with Crippen molar-refractivity contribution in [3.05, 3.63) is 35.4 Å². The topological polar surface area (TPSA) is 53.3 Å². The molecule has 4 heteroatoms. The van der Waals surface area contributed by atoms with E-state index in [0.717, 1.165) is 5.56 Å². The van der Waals surface area contributed by atoms with E-state index in [0.29, 0.717) is 0 Å². The fourth-order valence-corrected chi connectivity index (χ4v) is 1.53. The van der Waals surface area contributed by atoms with E-state index in [2.05, 4.69) is 20.8 Å². The lowest BCUT2D eigenvalue weighted by atomic mass is 9.87. The van der Waals surface area contributed by atoms with Crippen LogP contribution >= 0.6 is 0 Å². The first-order chi connectivity index (χ1) is 8.84. The van der Waals surface area contributed by atoms with Crippen LogP contribution in [0.15, 0.2) is 24.3 Å². The quantitative estimate of drug-likeness (QED) is 0.785. The Kier molecular flexibility index (Phi) is 4.94. The van der Waals surface area contributed by atoms with Crippen molar-refractivity contribution < 1.29 is 9.53 Å². The highest BCUT2D eigenvalue weighted by molar-refractivity contribution is 5.67. The van der Waals surface area contributed by atoms with Gasteiger partial charge in [0.15, 0.2) is 0 Å². The number of carbonyl (C=O) groups excluding carboxylic acids is 1. The summed E-state index contributed by atoms with van der Waals surface area (Å²) in [6.07, 6.45) is -0.485. The Morgan fingerprint density at radius 2 is 1.89 bits per heavy atom. The predicted molar refractivity (Wildman–Crippen MR) is 73.6 cm³/mol. The van der Waals surface area contributed by atoms with Gasteiger partial charge in [-0.2, -0.15) is 5.26 Å². The molecule has 1 amide bonds. The summed E-state index contributed by atoms with van der Waals surface area (Å²) < 4.78 is 5.10. The van der Waals surface area contributed by atoms with Crippen LogP contribution in [0, 0.1) is 11.3 Å². The number of rotatable bonds is 3. The molecule has 0 N–H and O–H groups in total. The van der Waals surface area contributed by atoms with Crippen molar-refractivity contribution in [3.8, 4) is 6.07 Å². The summed E-state index contributed by atoms with van der Waals surface area (Å²) in [5, 5.41) is 8.48. The van der Waals surface area contributed by atoms with E-state index in [1.165, 1.54) is 17.5 Å². The molecular weight excluding hydrogens is 240 g/mol. The normalized spacial score (nSPS) is 10.7. The van der Waals surface area contributed by atoms with Gasteiger partial charge in [-0.15, -0.1) is 0 Å². The molecule has 0 aromatic heterocycles. The largest absolute Gasteiger partial charge is 0.445 e. The molecule has 0 bridgehead atoms. The van der Waals surface area contributed by atoms with Crippen molar-refractivity contribution in [1.29, 1.82) is 5.26 Å². The number of hydrogen-bond donors (Lipinski definition) is 0. The maximum absolute atomic E-state index is 11.5. The van der Waals surface area contributed by atoms with E-state index in [1.54, 1.807) is 0 Å². The number of amides is 1. The fourth-order valence-electron chi connectivity index (χ4n) is 1.53. The van der Waals surface area contributed by atoms with Crippen LogP contribution in [0.3, 0.4) is 0 Å². The first-order valence-corrected chi connectivity index (χ1v) is 6.19. The Morgan fingerprint density at radius 1 is 1.32 bits per heavy atom. The number of nitriles is 1. The van der Waals surface area contributed by atoms with Gasteiger partial charge in [0.05, 0.1) is 6.07 Å². The molecule has 0 aliphatic rings. The maximum atomic E-state index is 11.5. The van der Waals surface area contributed by atoms with Gasteiger partial charge < -0.3 is 4.74 Å². The summed E-state index contributed by atoms with van der Waals surface area (Å²) >= 11 is 0. The minimum atomic E-state index is -0.485. The summed E-state index contributed by atoms with van der Waals surface area (Å²) in [6.45, 7) is 6.71. The highest BCUT2D eigenvalue weighted by Crippen LogP contribution is 2.22. The summed E-state index contributed by atoms with van der Waals surface area (Å²) in [5.41, 5.74) is 2.29. The SMILES string of the molecule is CN(CC#N)C(=O)OCc1ccc(C(C)(C)C)cc1. The van der Waals surface area contributed by atoms with Gasteiger partial charge in [-0.05, 0) is 16.5 Å². The molecule has 102 valence electrons. The van der Waals surface area contributed by atoms with Crippen LogP contribution in [-0.2, 0) is 16.8 Å². The van der Waals surface area contributed by atoms with Crippen LogP contribution in [0.5, 0.6) is 0 Å². The van der Waals surface area contributed by atoms with Crippen molar-refractivity contribution in [1.82, 2.24) is 4.90 Å². The highest BCUT2D eigenvalue weighted by Gasteiger charge is 2.13. The molecule has 19 heavy (non-hydrogen) atoms. The van der Waals surface area contributed by atoms with Crippen LogP contribution < -0.4 is 0 Å². The molecule has 0 radical (unpaired) electrons. The van der Waals surface area contributed by atoms with Gasteiger partial charge in [0.2, 0.25) is 0 Å². The second-order valence-electron chi connectivity index (χ2n) is 5.52. The molecule has 0 aliphatic heterocycles. The van der Waals surface area contributed by atoms with Crippen LogP contribution in [0.4, 0.5) is 4.79 Å². The average Bonchev–Trinajstić information content (AvgIpc) is 2.35. The van der Waals surface area contributed by atoms with Crippen LogP contribution in [0.1, 0.15) is 31.9 Å². The van der Waals surface area contributed by atoms with Gasteiger partial charge in [0.1, 0.15) is 13.2 Å². The Morgan fingerprint density at radius 3 is 2.37 bits per heavy atom. The Labute approximate surface area is 114 Å². The average molecular weight is 260 g/mol. The molecule has 0 fully saturated rings. The number of carbonyl (C=O) groups is 1. The van der Waals surface area contributed by atoms with E-state index >= 15 is 0 Å². The van der Waals surface area contributed by atoms with Gasteiger partial charge >= 0.3 is 6.09 Å². The highest BCUT2D eigenvalue weighted by atomic mass is 16.6. The Balaban J connectivity index is 2.56. The first-order valence-electron chi connectivity index (χ1n) is 6.19. The lowest BCUT2D eigenvalue weighted by molar-refractivity contribution is 0.108. The smallest absolute Gasteiger partial charge is 0.410 e. The van der Waals surface area contributed by atoms with E-state index in [4.69, 9.17) is 10.00 Å². The molecule has 0 atom stereocenters. The monoisotopic (exact) mass is 260 g/mol. The van der Waals surface area contributed by atoms with Crippen LogP contribution in [0.25, 0.3) is 0 Å². The number of hydrogen-bond acceptors (Lipinski definition) is 3. The molecule has 0 unspecified atom stereocenters. The Bertz CT molecular complexity index is 466. The molecule has 0 saturated heterocycles. The molecule has 0 spiro atoms. The molecule has 4 nitrogen and oxygen atoms in total. The van der Waals surface area contributed by atoms with Gasteiger partial charge in [-0.3, -0.25) is 4.90 Å². The Hall–Kier alpha value is -2.02. The van der Waals surface area contributed by atoms with E-state index in [-0.39, 0.29) is 18.6 Å². The van der Waals surface area contributed by atoms with E-state index in [9.17, 15) is 4.79 Å². The molecule has 1 aromatic rings. The number of benzene rings is 1. The van der Waals surface area contributed by atoms with Crippen LogP contribution in [0.2, 0.25) is 0 Å². The predicted octanol–water partition coefficient (Wildman–Crippen LogP) is 3.08. The zero-order valence-electron chi connectivity index (χ0n) is 11.9. The molecular formula is C15H20N2O2. The number of ether oxygens (including phenoxy) is 1. The second-order valence-corrected chi connectivity index (χ2v) is 5.52. The third-order valence-corrected chi connectivity index (χ3v) is 2.80. The fraction of sp³-hybridized carbons (Fsp3) is 0.467. The third kappa shape index (κ3) is 4.63. The van der Waals surface area contributed by atoms with Crippen molar-refractivity contribution in [2.75, 3.05) is 13.6 Å². The van der Waals surface area contributed by atoms with Gasteiger partial charge in [0.25, 0.3) is 0 Å². The minimum absolute atomic E-state index is 0.0296. The lowest BCUT2D eigenvalue weighted by Crippen LogP contribution is -2.27. The first kappa shape index (κ1) is 15.0. The maximum Gasteiger partial charge on any atom is 0.410 e. The van der Waals surface area contributed by atoms with Gasteiger partial charge in [-0.1, -0.05) is 45.0 Å². The summed E-state index contributed by atoms with van der Waals surface area (Å²) in [4.78, 5) is 12.7. The van der Waals surface area contributed by atoms with Crippen molar-refractivity contribution >= 4 is 6.09 Å². The van der Waals surface area contributed by atoms with Gasteiger partial charge in [0, 0.05) is 7.05 Å². The van der Waals surface area contributed by atoms with Crippen molar-refractivity contribution in [2.24, 2.45) is 0 Å².